The van der Waals surface area contributed by atoms with Crippen molar-refractivity contribution in [2.45, 2.75) is 0 Å². The van der Waals surface area contributed by atoms with Crippen LogP contribution in [0.15, 0.2) is 9.59 Å². The normalized spacial score (nSPS) is 9.14. The van der Waals surface area contributed by atoms with Gasteiger partial charge in [0.25, 0.3) is 0 Å². The summed E-state index contributed by atoms with van der Waals surface area (Å²) in [6, 6.07) is 0. The number of aromatic amines is 2. The second-order valence-corrected chi connectivity index (χ2v) is 1.58. The van der Waals surface area contributed by atoms with Crippen molar-refractivity contribution in [2.24, 2.45) is 0 Å². The Hall–Kier alpha value is -0.840. The summed E-state index contributed by atoms with van der Waals surface area (Å²) in [6.07, 6.45) is 0. The predicted molar refractivity (Wildman–Crippen MR) is 25.6 cm³/mol. The van der Waals surface area contributed by atoms with Gasteiger partial charge in [0.15, 0.2) is 0 Å². The van der Waals surface area contributed by atoms with Crippen LogP contribution in [0.5, 0.6) is 0 Å². The first-order valence-electron chi connectivity index (χ1n) is 1.57. The molecule has 5 heteroatoms. The van der Waals surface area contributed by atoms with E-state index in [1.54, 1.807) is 0 Å². The second-order valence-electron chi connectivity index (χ2n) is 0.964. The van der Waals surface area contributed by atoms with Crippen LogP contribution < -0.4 is 11.1 Å². The van der Waals surface area contributed by atoms with Crippen LogP contribution in [0.25, 0.3) is 0 Å². The van der Waals surface area contributed by atoms with Gasteiger partial charge in [-0.2, -0.15) is 0 Å². The van der Waals surface area contributed by atoms with Gasteiger partial charge in [-0.25, -0.2) is 0 Å². The highest BCUT2D eigenvalue weighted by Gasteiger charge is 1.86. The van der Waals surface area contributed by atoms with Crippen LogP contribution in [0.1, 0.15) is 0 Å². The summed E-state index contributed by atoms with van der Waals surface area (Å²) in [5.41, 5.74) is -1.16. The lowest BCUT2D eigenvalue weighted by Crippen LogP contribution is -2.20. The Morgan fingerprint density at radius 1 is 1.14 bits per heavy atom. The fourth-order valence-electron chi connectivity index (χ4n) is 0.211. The van der Waals surface area contributed by atoms with Crippen molar-refractivity contribution in [1.82, 2.24) is 8.75 Å². The summed E-state index contributed by atoms with van der Waals surface area (Å²) in [6.45, 7) is 0. The van der Waals surface area contributed by atoms with Gasteiger partial charge in [-0.05, 0) is 0 Å². The molecule has 38 valence electrons. The largest absolute Gasteiger partial charge is 0.324 e. The summed E-state index contributed by atoms with van der Waals surface area (Å²) in [7, 11) is 0. The fraction of sp³-hybridized carbons (Fsp3) is 0. The van der Waals surface area contributed by atoms with E-state index in [0.29, 0.717) is 0 Å². The van der Waals surface area contributed by atoms with Gasteiger partial charge < -0.3 is 0 Å². The van der Waals surface area contributed by atoms with E-state index in [9.17, 15) is 9.59 Å². The van der Waals surface area contributed by atoms with E-state index in [0.717, 1.165) is 11.7 Å². The van der Waals surface area contributed by atoms with Gasteiger partial charge in [-0.15, -0.1) is 0 Å². The predicted octanol–water partition coefficient (Wildman–Crippen LogP) is -0.875. The minimum Gasteiger partial charge on any atom is -0.262 e. The van der Waals surface area contributed by atoms with Crippen molar-refractivity contribution < 1.29 is 0 Å². The van der Waals surface area contributed by atoms with Gasteiger partial charge in [-0.1, -0.05) is 0 Å². The zero-order valence-electron chi connectivity index (χ0n) is 3.22. The van der Waals surface area contributed by atoms with E-state index in [1.807, 2.05) is 0 Å². The molecule has 0 aliphatic heterocycles. The highest BCUT2D eigenvalue weighted by molar-refractivity contribution is 6.98. The Morgan fingerprint density at radius 2 is 1.57 bits per heavy atom. The lowest BCUT2D eigenvalue weighted by atomic mass is 10.9. The molecule has 7 heavy (non-hydrogen) atoms. The number of hydrogen-bond donors (Lipinski definition) is 2. The summed E-state index contributed by atoms with van der Waals surface area (Å²) < 4.78 is 4.37. The van der Waals surface area contributed by atoms with Gasteiger partial charge >= 0.3 is 11.1 Å². The Morgan fingerprint density at radius 3 is 1.71 bits per heavy atom. The highest BCUT2D eigenvalue weighted by atomic mass is 32.1. The summed E-state index contributed by atoms with van der Waals surface area (Å²) in [4.78, 5) is 20.1. The summed E-state index contributed by atoms with van der Waals surface area (Å²) in [5.74, 6) is 0. The smallest absolute Gasteiger partial charge is 0.262 e. The molecule has 0 aromatic carbocycles. The molecular weight excluding hydrogens is 116 g/mol. The maximum absolute atomic E-state index is 10.0. The first-order valence-corrected chi connectivity index (χ1v) is 2.38. The van der Waals surface area contributed by atoms with E-state index in [1.165, 1.54) is 0 Å². The minimum absolute atomic E-state index is 0.579. The Bertz CT molecular complexity index is 218. The third-order valence-electron chi connectivity index (χ3n) is 0.494. The van der Waals surface area contributed by atoms with Gasteiger partial charge in [0.1, 0.15) is 0 Å². The van der Waals surface area contributed by atoms with Crippen LogP contribution in [0.2, 0.25) is 0 Å². The molecule has 2 N–H and O–H groups in total. The quantitative estimate of drug-likeness (QED) is 0.434. The molecule has 0 bridgehead atoms. The monoisotopic (exact) mass is 118 g/mol. The zero-order valence-corrected chi connectivity index (χ0v) is 4.04. The molecule has 0 aliphatic carbocycles. The molecule has 0 atom stereocenters. The van der Waals surface area contributed by atoms with Gasteiger partial charge in [0.05, 0.1) is 0 Å². The first-order chi connectivity index (χ1) is 3.30. The molecule has 1 rings (SSSR count). The SMILES string of the molecule is O=c1[nH]s[nH]c1=O. The topological polar surface area (TPSA) is 65.7 Å². The lowest BCUT2D eigenvalue weighted by Gasteiger charge is -1.46. The molecule has 0 saturated heterocycles. The molecule has 0 fully saturated rings. The average Bonchev–Trinajstić information content (AvgIpc) is 1.91. The van der Waals surface area contributed by atoms with E-state index in [4.69, 9.17) is 0 Å². The molecule has 0 saturated carbocycles. The number of nitrogens with one attached hydrogen (secondary N) is 2. The summed E-state index contributed by atoms with van der Waals surface area (Å²) in [5, 5.41) is 0. The third-order valence-corrected chi connectivity index (χ3v) is 1.07. The molecule has 1 heterocycles. The standard InChI is InChI=1S/C2H2N2O2S/c5-1-2(6)4-7-3-1/h(H,3,5)(H,4,6). The van der Waals surface area contributed by atoms with Crippen molar-refractivity contribution in [3.8, 4) is 0 Å². The van der Waals surface area contributed by atoms with Crippen LogP contribution in [0, 0.1) is 0 Å². The molecule has 0 aliphatic rings. The van der Waals surface area contributed by atoms with Crippen molar-refractivity contribution in [3.63, 3.8) is 0 Å². The molecule has 1 aromatic rings. The van der Waals surface area contributed by atoms with Crippen molar-refractivity contribution >= 4 is 11.7 Å². The van der Waals surface area contributed by atoms with Crippen molar-refractivity contribution in [1.29, 1.82) is 0 Å². The van der Waals surface area contributed by atoms with Crippen LogP contribution in [0.4, 0.5) is 0 Å². The van der Waals surface area contributed by atoms with Gasteiger partial charge in [-0.3, -0.25) is 18.3 Å². The third kappa shape index (κ3) is 0.614. The summed E-state index contributed by atoms with van der Waals surface area (Å²) >= 11 is 0.891. The highest BCUT2D eigenvalue weighted by Crippen LogP contribution is 1.59. The first kappa shape index (κ1) is 4.32. The van der Waals surface area contributed by atoms with Crippen LogP contribution in [0.3, 0.4) is 0 Å². The molecule has 0 unspecified atom stereocenters. The Balaban J connectivity index is 3.71. The van der Waals surface area contributed by atoms with Crippen molar-refractivity contribution in [3.05, 3.63) is 20.7 Å². The molecular formula is C2H2N2O2S. The Labute approximate surface area is 42.1 Å². The number of rotatable bonds is 0. The van der Waals surface area contributed by atoms with E-state index < -0.39 is 11.1 Å². The maximum atomic E-state index is 10.0. The maximum Gasteiger partial charge on any atom is 0.324 e. The lowest BCUT2D eigenvalue weighted by molar-refractivity contribution is 1.30. The fourth-order valence-corrected chi connectivity index (χ4v) is 0.633. The Kier molecular flexibility index (Phi) is 0.828. The molecule has 0 spiro atoms. The van der Waals surface area contributed by atoms with E-state index in [2.05, 4.69) is 8.75 Å². The molecule has 0 radical (unpaired) electrons. The van der Waals surface area contributed by atoms with Crippen molar-refractivity contribution in [2.75, 3.05) is 0 Å². The van der Waals surface area contributed by atoms with E-state index >= 15 is 0 Å². The van der Waals surface area contributed by atoms with Gasteiger partial charge in [0, 0.05) is 11.7 Å². The molecule has 0 amide bonds. The van der Waals surface area contributed by atoms with E-state index in [-0.39, 0.29) is 0 Å². The molecule has 1 aromatic heterocycles. The minimum atomic E-state index is -0.579. The van der Waals surface area contributed by atoms with Crippen LogP contribution >= 0.6 is 11.7 Å². The van der Waals surface area contributed by atoms with Crippen LogP contribution in [-0.2, 0) is 0 Å². The zero-order chi connectivity index (χ0) is 5.28. The van der Waals surface area contributed by atoms with Crippen LogP contribution in [-0.4, -0.2) is 8.75 Å². The molecule has 4 nitrogen and oxygen atoms in total. The second kappa shape index (κ2) is 1.34. The van der Waals surface area contributed by atoms with Gasteiger partial charge in [0.2, 0.25) is 0 Å². The number of H-pyrrole nitrogens is 2. The number of aromatic nitrogens is 2. The number of hydrogen-bond acceptors (Lipinski definition) is 3. The average molecular weight is 118 g/mol.